The first-order valence-corrected chi connectivity index (χ1v) is 14.6. The zero-order valence-corrected chi connectivity index (χ0v) is 24.9. The van der Waals surface area contributed by atoms with Crippen LogP contribution in [0.25, 0.3) is 22.5 Å². The fourth-order valence-electron chi connectivity index (χ4n) is 4.16. The second-order valence-corrected chi connectivity index (χ2v) is 12.4. The first-order valence-electron chi connectivity index (χ1n) is 12.6. The molecule has 6 heteroatoms. The lowest BCUT2D eigenvalue weighted by Crippen LogP contribution is -2.13. The van der Waals surface area contributed by atoms with Crippen LogP contribution in [0.1, 0.15) is 67.8 Å². The minimum atomic E-state index is -0.0959. The van der Waals surface area contributed by atoms with Crippen molar-refractivity contribution in [3.8, 4) is 22.5 Å². The molecule has 0 saturated heterocycles. The molecule has 4 aromatic rings. The highest BCUT2D eigenvalue weighted by Gasteiger charge is 2.19. The van der Waals surface area contributed by atoms with Crippen LogP contribution >= 0.6 is 35.0 Å². The number of aromatic nitrogens is 2. The number of thioether (sulfide) groups is 1. The summed E-state index contributed by atoms with van der Waals surface area (Å²) < 4.78 is 0. The van der Waals surface area contributed by atoms with Crippen molar-refractivity contribution in [2.45, 2.75) is 57.3 Å². The standard InChI is InChI=1S/C32H32Cl2N2OS/c1-19(2)28-14-20(15-29(35-28)24-18-22(38-6)11-13-26(24)34)16-30(37)21-10-12-25(33)23(17-21)27-8-7-9-31(36-27)32(3,4)5/h7-15,17-19H,16H2,1-6H3. The molecule has 4 rings (SSSR count). The van der Waals surface area contributed by atoms with Gasteiger partial charge in [-0.1, -0.05) is 63.9 Å². The maximum absolute atomic E-state index is 13.5. The average Bonchev–Trinajstić information content (AvgIpc) is 2.88. The Hall–Kier alpha value is -2.66. The number of nitrogens with zero attached hydrogens (tertiary/aromatic N) is 2. The number of carbonyl (C=O) groups excluding carboxylic acids is 1. The Morgan fingerprint density at radius 3 is 2.21 bits per heavy atom. The molecule has 2 heterocycles. The van der Waals surface area contributed by atoms with Crippen molar-refractivity contribution in [2.75, 3.05) is 6.26 Å². The molecule has 0 unspecified atom stereocenters. The van der Waals surface area contributed by atoms with E-state index in [-0.39, 0.29) is 23.5 Å². The number of Topliss-reactive ketones (excluding diaryl/α,β-unsaturated/α-hetero) is 1. The van der Waals surface area contributed by atoms with Crippen LogP contribution in [0.4, 0.5) is 0 Å². The number of ketones is 1. The fourth-order valence-corrected chi connectivity index (χ4v) is 5.03. The summed E-state index contributed by atoms with van der Waals surface area (Å²) in [6.45, 7) is 10.6. The van der Waals surface area contributed by atoms with Gasteiger partial charge < -0.3 is 0 Å². The van der Waals surface area contributed by atoms with E-state index >= 15 is 0 Å². The highest BCUT2D eigenvalue weighted by Crippen LogP contribution is 2.33. The summed E-state index contributed by atoms with van der Waals surface area (Å²) in [6, 6.07) is 21.3. The fraction of sp³-hybridized carbons (Fsp3) is 0.281. The van der Waals surface area contributed by atoms with Gasteiger partial charge in [0.15, 0.2) is 5.78 Å². The van der Waals surface area contributed by atoms with Gasteiger partial charge in [-0.05, 0) is 78.4 Å². The molecule has 3 nitrogen and oxygen atoms in total. The number of rotatable bonds is 7. The lowest BCUT2D eigenvalue weighted by molar-refractivity contribution is 0.0993. The Morgan fingerprint density at radius 2 is 1.55 bits per heavy atom. The Balaban J connectivity index is 1.70. The van der Waals surface area contributed by atoms with Crippen molar-refractivity contribution in [2.24, 2.45) is 0 Å². The molecule has 0 saturated carbocycles. The van der Waals surface area contributed by atoms with Crippen LogP contribution in [-0.4, -0.2) is 22.0 Å². The number of halogens is 2. The number of carbonyl (C=O) groups is 1. The largest absolute Gasteiger partial charge is 0.294 e. The molecule has 0 atom stereocenters. The van der Waals surface area contributed by atoms with E-state index in [2.05, 4.69) is 40.7 Å². The van der Waals surface area contributed by atoms with E-state index in [1.165, 1.54) is 0 Å². The Kier molecular flexibility index (Phi) is 8.66. The van der Waals surface area contributed by atoms with Crippen molar-refractivity contribution in [3.05, 3.63) is 99.3 Å². The lowest BCUT2D eigenvalue weighted by Gasteiger charge is -2.18. The van der Waals surface area contributed by atoms with Gasteiger partial charge in [-0.3, -0.25) is 14.8 Å². The molecule has 0 radical (unpaired) electrons. The van der Waals surface area contributed by atoms with Gasteiger partial charge in [0, 0.05) is 44.8 Å². The van der Waals surface area contributed by atoms with Crippen LogP contribution in [0, 0.1) is 0 Å². The van der Waals surface area contributed by atoms with E-state index in [0.29, 0.717) is 15.6 Å². The van der Waals surface area contributed by atoms with E-state index < -0.39 is 0 Å². The number of pyridine rings is 2. The van der Waals surface area contributed by atoms with Gasteiger partial charge in [0.25, 0.3) is 0 Å². The molecule has 0 bridgehead atoms. The summed E-state index contributed by atoms with van der Waals surface area (Å²) in [5.74, 6) is 0.209. The van der Waals surface area contributed by atoms with Gasteiger partial charge in [0.1, 0.15) is 0 Å². The predicted octanol–water partition coefficient (Wildman–Crippen LogP) is 9.69. The molecule has 2 aromatic carbocycles. The first-order chi connectivity index (χ1) is 18.0. The summed E-state index contributed by atoms with van der Waals surface area (Å²) in [6.07, 6.45) is 2.27. The first kappa shape index (κ1) is 28.4. The van der Waals surface area contributed by atoms with Gasteiger partial charge in [-0.15, -0.1) is 11.8 Å². The second kappa shape index (κ2) is 11.6. The minimum Gasteiger partial charge on any atom is -0.294 e. The van der Waals surface area contributed by atoms with Gasteiger partial charge >= 0.3 is 0 Å². The van der Waals surface area contributed by atoms with E-state index in [4.69, 9.17) is 33.2 Å². The normalized spacial score (nSPS) is 11.7. The number of hydrogen-bond donors (Lipinski definition) is 0. The van der Waals surface area contributed by atoms with Crippen LogP contribution in [-0.2, 0) is 11.8 Å². The van der Waals surface area contributed by atoms with Crippen LogP contribution in [0.2, 0.25) is 10.0 Å². The van der Waals surface area contributed by atoms with Crippen molar-refractivity contribution < 1.29 is 4.79 Å². The third kappa shape index (κ3) is 6.48. The Morgan fingerprint density at radius 1 is 0.868 bits per heavy atom. The van der Waals surface area contributed by atoms with Crippen molar-refractivity contribution >= 4 is 40.7 Å². The maximum atomic E-state index is 13.5. The van der Waals surface area contributed by atoms with Gasteiger partial charge in [-0.2, -0.15) is 0 Å². The maximum Gasteiger partial charge on any atom is 0.167 e. The van der Waals surface area contributed by atoms with Gasteiger partial charge in [0.2, 0.25) is 0 Å². The molecule has 0 spiro atoms. The van der Waals surface area contributed by atoms with Crippen molar-refractivity contribution in [1.29, 1.82) is 0 Å². The molecule has 0 amide bonds. The van der Waals surface area contributed by atoms with Gasteiger partial charge in [0.05, 0.1) is 21.4 Å². The zero-order chi connectivity index (χ0) is 27.6. The average molecular weight is 564 g/mol. The highest BCUT2D eigenvalue weighted by atomic mass is 35.5. The number of benzene rings is 2. The molecular weight excluding hydrogens is 531 g/mol. The quantitative estimate of drug-likeness (QED) is 0.166. The third-order valence-corrected chi connectivity index (χ3v) is 7.78. The van der Waals surface area contributed by atoms with Crippen LogP contribution in [0.5, 0.6) is 0 Å². The molecule has 0 fully saturated rings. The zero-order valence-electron chi connectivity index (χ0n) is 22.6. The summed E-state index contributed by atoms with van der Waals surface area (Å²) >= 11 is 14.8. The summed E-state index contributed by atoms with van der Waals surface area (Å²) in [7, 11) is 0. The molecule has 0 aliphatic rings. The summed E-state index contributed by atoms with van der Waals surface area (Å²) in [4.78, 5) is 24.3. The molecule has 0 aliphatic heterocycles. The monoisotopic (exact) mass is 562 g/mol. The second-order valence-electron chi connectivity index (χ2n) is 10.7. The SMILES string of the molecule is CSc1ccc(Cl)c(-c2cc(CC(=O)c3ccc(Cl)c(-c4cccc(C(C)(C)C)n4)c3)cc(C(C)C)n2)c1. The molecule has 0 aliphatic carbocycles. The third-order valence-electron chi connectivity index (χ3n) is 6.39. The molecule has 38 heavy (non-hydrogen) atoms. The highest BCUT2D eigenvalue weighted by molar-refractivity contribution is 7.98. The summed E-state index contributed by atoms with van der Waals surface area (Å²) in [5.41, 5.74) is 6.46. The van der Waals surface area contributed by atoms with Crippen LogP contribution in [0.15, 0.2) is 71.6 Å². The predicted molar refractivity (Wildman–Crippen MR) is 162 cm³/mol. The van der Waals surface area contributed by atoms with Crippen LogP contribution in [0.3, 0.4) is 0 Å². The van der Waals surface area contributed by atoms with E-state index in [1.54, 1.807) is 23.9 Å². The molecule has 2 aromatic heterocycles. The minimum absolute atomic E-state index is 0.00529. The molecule has 0 N–H and O–H groups in total. The van der Waals surface area contributed by atoms with E-state index in [0.717, 1.165) is 44.4 Å². The van der Waals surface area contributed by atoms with Gasteiger partial charge in [-0.25, -0.2) is 0 Å². The Labute approximate surface area is 240 Å². The van der Waals surface area contributed by atoms with Crippen LogP contribution < -0.4 is 0 Å². The topological polar surface area (TPSA) is 42.9 Å². The van der Waals surface area contributed by atoms with E-state index in [9.17, 15) is 4.79 Å². The smallest absolute Gasteiger partial charge is 0.167 e. The number of hydrogen-bond acceptors (Lipinski definition) is 4. The molecular formula is C32H32Cl2N2OS. The Bertz CT molecular complexity index is 1490. The molecule has 196 valence electrons. The summed E-state index contributed by atoms with van der Waals surface area (Å²) in [5, 5.41) is 1.21. The van der Waals surface area contributed by atoms with Crippen molar-refractivity contribution in [3.63, 3.8) is 0 Å². The van der Waals surface area contributed by atoms with Crippen molar-refractivity contribution in [1.82, 2.24) is 9.97 Å². The lowest BCUT2D eigenvalue weighted by atomic mass is 9.91. The van der Waals surface area contributed by atoms with E-state index in [1.807, 2.05) is 54.8 Å².